The van der Waals surface area contributed by atoms with Crippen molar-refractivity contribution in [1.29, 1.82) is 0 Å². The maximum atomic E-state index is 6.43. The quantitative estimate of drug-likeness (QED) is 0.457. The van der Waals surface area contributed by atoms with Crippen LogP contribution in [0.25, 0.3) is 16.9 Å². The largest absolute Gasteiger partial charge is 0.370 e. The molecule has 0 amide bonds. The SMILES string of the molecule is [B]c1cnn2c(NCC3CCCN(Cc4nccs4)C3)cc(-c3ccccc3Cl)nc12. The molecule has 5 rings (SSSR count). The summed E-state index contributed by atoms with van der Waals surface area (Å²) in [5, 5.41) is 11.9. The van der Waals surface area contributed by atoms with Crippen LogP contribution in [0.3, 0.4) is 0 Å². The number of rotatable bonds is 6. The molecule has 4 heterocycles. The molecule has 0 spiro atoms. The first-order chi connectivity index (χ1) is 15.2. The first kappa shape index (κ1) is 20.5. The van der Waals surface area contributed by atoms with Gasteiger partial charge in [0, 0.05) is 47.5 Å². The van der Waals surface area contributed by atoms with E-state index >= 15 is 0 Å². The highest BCUT2D eigenvalue weighted by molar-refractivity contribution is 7.09. The van der Waals surface area contributed by atoms with Crippen molar-refractivity contribution < 1.29 is 0 Å². The lowest BCUT2D eigenvalue weighted by Gasteiger charge is -2.32. The molecule has 3 aromatic heterocycles. The Morgan fingerprint density at radius 2 is 2.19 bits per heavy atom. The van der Waals surface area contributed by atoms with Crippen molar-refractivity contribution in [2.45, 2.75) is 19.4 Å². The summed E-state index contributed by atoms with van der Waals surface area (Å²) in [5.74, 6) is 1.42. The van der Waals surface area contributed by atoms with Gasteiger partial charge in [-0.1, -0.05) is 29.8 Å². The summed E-state index contributed by atoms with van der Waals surface area (Å²) in [6.07, 6.45) is 5.92. The Bertz CT molecular complexity index is 1180. The summed E-state index contributed by atoms with van der Waals surface area (Å²) in [7, 11) is 6.13. The first-order valence-corrected chi connectivity index (χ1v) is 11.7. The van der Waals surface area contributed by atoms with Gasteiger partial charge in [0.2, 0.25) is 0 Å². The summed E-state index contributed by atoms with van der Waals surface area (Å²) in [5.41, 5.74) is 2.84. The predicted octanol–water partition coefficient (Wildman–Crippen LogP) is 3.62. The second-order valence-electron chi connectivity index (χ2n) is 7.89. The Labute approximate surface area is 191 Å². The van der Waals surface area contributed by atoms with Crippen LogP contribution in [0.1, 0.15) is 17.8 Å². The van der Waals surface area contributed by atoms with E-state index in [0.29, 0.717) is 22.1 Å². The van der Waals surface area contributed by atoms with Gasteiger partial charge in [-0.2, -0.15) is 9.61 Å². The highest BCUT2D eigenvalue weighted by Gasteiger charge is 2.21. The van der Waals surface area contributed by atoms with Gasteiger partial charge >= 0.3 is 0 Å². The highest BCUT2D eigenvalue weighted by Crippen LogP contribution is 2.28. The molecule has 1 N–H and O–H groups in total. The first-order valence-electron chi connectivity index (χ1n) is 10.4. The number of piperidine rings is 1. The standard InChI is InChI=1S/C22H22BClN6S/c23-17-12-27-30-20(10-19(28-22(17)30)16-5-1-2-6-18(16)24)26-11-15-4-3-8-29(13-15)14-21-25-7-9-31-21/h1-2,5-7,9-10,12,15,26H,3-4,8,11,13-14H2. The monoisotopic (exact) mass is 448 g/mol. The summed E-state index contributed by atoms with van der Waals surface area (Å²) in [6, 6.07) is 9.71. The van der Waals surface area contributed by atoms with Crippen molar-refractivity contribution in [3.05, 3.63) is 58.1 Å². The van der Waals surface area contributed by atoms with Crippen molar-refractivity contribution in [3.63, 3.8) is 0 Å². The molecule has 156 valence electrons. The van der Waals surface area contributed by atoms with Crippen molar-refractivity contribution in [1.82, 2.24) is 24.5 Å². The van der Waals surface area contributed by atoms with Crippen molar-refractivity contribution >= 4 is 47.7 Å². The molecule has 9 heteroatoms. The molecule has 0 saturated carbocycles. The van der Waals surface area contributed by atoms with Crippen LogP contribution in [0.5, 0.6) is 0 Å². The fourth-order valence-electron chi connectivity index (χ4n) is 4.15. The van der Waals surface area contributed by atoms with Crippen LogP contribution in [-0.4, -0.2) is 52.0 Å². The number of halogens is 1. The summed E-state index contributed by atoms with van der Waals surface area (Å²) >= 11 is 8.15. The van der Waals surface area contributed by atoms with E-state index in [-0.39, 0.29) is 0 Å². The number of fused-ring (bicyclic) bond motifs is 1. The van der Waals surface area contributed by atoms with Gasteiger partial charge in [-0.15, -0.1) is 11.3 Å². The molecule has 6 nitrogen and oxygen atoms in total. The molecule has 1 atom stereocenters. The zero-order valence-corrected chi connectivity index (χ0v) is 18.6. The van der Waals surface area contributed by atoms with Gasteiger partial charge in [0.05, 0.1) is 12.2 Å². The van der Waals surface area contributed by atoms with E-state index in [9.17, 15) is 0 Å². The molecule has 1 aliphatic rings. The average molecular weight is 449 g/mol. The molecular weight excluding hydrogens is 427 g/mol. The van der Waals surface area contributed by atoms with Crippen molar-refractivity contribution in [2.75, 3.05) is 25.0 Å². The number of hydrogen-bond donors (Lipinski definition) is 1. The molecule has 4 aromatic rings. The second kappa shape index (κ2) is 8.98. The average Bonchev–Trinajstić information content (AvgIpc) is 3.43. The third-order valence-corrected chi connectivity index (χ3v) is 6.76. The van der Waals surface area contributed by atoms with Crippen LogP contribution in [0.15, 0.2) is 48.1 Å². The highest BCUT2D eigenvalue weighted by atomic mass is 35.5. The van der Waals surface area contributed by atoms with E-state index in [1.54, 1.807) is 22.0 Å². The number of aromatic nitrogens is 4. The minimum Gasteiger partial charge on any atom is -0.370 e. The number of nitrogens with one attached hydrogen (secondary N) is 1. The fraction of sp³-hybridized carbons (Fsp3) is 0.318. The molecule has 1 unspecified atom stereocenters. The number of anilines is 1. The second-order valence-corrected chi connectivity index (χ2v) is 9.28. The van der Waals surface area contributed by atoms with Gasteiger partial charge in [0.25, 0.3) is 0 Å². The zero-order valence-electron chi connectivity index (χ0n) is 17.0. The maximum absolute atomic E-state index is 6.43. The summed E-state index contributed by atoms with van der Waals surface area (Å²) in [4.78, 5) is 11.6. The molecule has 31 heavy (non-hydrogen) atoms. The van der Waals surface area contributed by atoms with Crippen LogP contribution in [0, 0.1) is 5.92 Å². The molecule has 0 bridgehead atoms. The number of hydrogen-bond acceptors (Lipinski definition) is 6. The number of benzene rings is 1. The minimum absolute atomic E-state index is 0.546. The Morgan fingerprint density at radius 3 is 3.03 bits per heavy atom. The van der Waals surface area contributed by atoms with Crippen LogP contribution in [0.2, 0.25) is 5.02 Å². The van der Waals surface area contributed by atoms with E-state index in [2.05, 4.69) is 20.3 Å². The molecule has 1 fully saturated rings. The van der Waals surface area contributed by atoms with Crippen LogP contribution in [0.4, 0.5) is 5.82 Å². The maximum Gasteiger partial charge on any atom is 0.150 e. The van der Waals surface area contributed by atoms with Crippen LogP contribution in [-0.2, 0) is 6.54 Å². The normalized spacial score (nSPS) is 17.3. The van der Waals surface area contributed by atoms with Gasteiger partial charge in [-0.25, -0.2) is 9.97 Å². The smallest absolute Gasteiger partial charge is 0.150 e. The van der Waals surface area contributed by atoms with Crippen molar-refractivity contribution in [3.8, 4) is 11.3 Å². The Balaban J connectivity index is 1.35. The molecule has 1 aromatic carbocycles. The van der Waals surface area contributed by atoms with Gasteiger partial charge < -0.3 is 5.32 Å². The number of thiazole rings is 1. The predicted molar refractivity (Wildman–Crippen MR) is 127 cm³/mol. The van der Waals surface area contributed by atoms with E-state index in [4.69, 9.17) is 24.4 Å². The minimum atomic E-state index is 0.546. The van der Waals surface area contributed by atoms with Gasteiger partial charge in [0.1, 0.15) is 18.7 Å². The molecular formula is C22H22BClN6S. The number of nitrogens with zero attached hydrogens (tertiary/aromatic N) is 5. The lowest BCUT2D eigenvalue weighted by Crippen LogP contribution is -2.37. The molecule has 1 saturated heterocycles. The third-order valence-electron chi connectivity index (χ3n) is 5.67. The van der Waals surface area contributed by atoms with Crippen LogP contribution < -0.4 is 10.8 Å². The zero-order chi connectivity index (χ0) is 21.2. The fourth-order valence-corrected chi connectivity index (χ4v) is 5.04. The summed E-state index contributed by atoms with van der Waals surface area (Å²) < 4.78 is 1.77. The Morgan fingerprint density at radius 1 is 1.29 bits per heavy atom. The summed E-state index contributed by atoms with van der Waals surface area (Å²) in [6.45, 7) is 3.97. The van der Waals surface area contributed by atoms with Gasteiger partial charge in [-0.3, -0.25) is 4.90 Å². The Hall–Kier alpha value is -2.42. The Kier molecular flexibility index (Phi) is 5.94. The van der Waals surface area contributed by atoms with Gasteiger partial charge in [-0.05, 0) is 36.8 Å². The van der Waals surface area contributed by atoms with E-state index in [0.717, 1.165) is 43.3 Å². The van der Waals surface area contributed by atoms with E-state index in [1.165, 1.54) is 17.8 Å². The van der Waals surface area contributed by atoms with Crippen LogP contribution >= 0.6 is 22.9 Å². The third kappa shape index (κ3) is 4.47. The number of likely N-dealkylation sites (tertiary alicyclic amines) is 1. The topological polar surface area (TPSA) is 58.4 Å². The molecule has 2 radical (unpaired) electrons. The van der Waals surface area contributed by atoms with E-state index < -0.39 is 0 Å². The lowest BCUT2D eigenvalue weighted by atomic mass is 9.98. The van der Waals surface area contributed by atoms with E-state index in [1.807, 2.05) is 41.9 Å². The molecule has 1 aliphatic heterocycles. The lowest BCUT2D eigenvalue weighted by molar-refractivity contribution is 0.173. The molecule has 0 aliphatic carbocycles. The van der Waals surface area contributed by atoms with Gasteiger partial charge in [0.15, 0.2) is 5.65 Å². The van der Waals surface area contributed by atoms with Crippen molar-refractivity contribution in [2.24, 2.45) is 5.92 Å².